The molecule has 7 heteroatoms. The SMILES string of the molecule is CCNCCc1c(C)[nH]c(/C=C2/C(=O)NN=C2c2cnccn2)c1C. The van der Waals surface area contributed by atoms with Gasteiger partial charge in [0.25, 0.3) is 5.91 Å². The third-order valence-corrected chi connectivity index (χ3v) is 4.30. The van der Waals surface area contributed by atoms with Crippen LogP contribution >= 0.6 is 0 Å². The molecule has 130 valence electrons. The van der Waals surface area contributed by atoms with Crippen molar-refractivity contribution in [1.29, 1.82) is 0 Å². The van der Waals surface area contributed by atoms with Crippen LogP contribution in [0.5, 0.6) is 0 Å². The third-order valence-electron chi connectivity index (χ3n) is 4.30. The number of H-pyrrole nitrogens is 1. The molecule has 0 aliphatic carbocycles. The van der Waals surface area contributed by atoms with Gasteiger partial charge >= 0.3 is 0 Å². The minimum absolute atomic E-state index is 0.235. The summed E-state index contributed by atoms with van der Waals surface area (Å²) in [6.07, 6.45) is 7.56. The van der Waals surface area contributed by atoms with Gasteiger partial charge in [-0.15, -0.1) is 0 Å². The number of hydrogen-bond acceptors (Lipinski definition) is 5. The molecule has 0 saturated carbocycles. The maximum Gasteiger partial charge on any atom is 0.273 e. The Hall–Kier alpha value is -2.80. The van der Waals surface area contributed by atoms with Gasteiger partial charge in [0.15, 0.2) is 0 Å². The van der Waals surface area contributed by atoms with E-state index in [1.54, 1.807) is 18.6 Å². The molecule has 0 aromatic carbocycles. The minimum atomic E-state index is -0.235. The van der Waals surface area contributed by atoms with Crippen molar-refractivity contribution >= 4 is 17.7 Å². The minimum Gasteiger partial charge on any atom is -0.359 e. The molecule has 1 aliphatic rings. The van der Waals surface area contributed by atoms with E-state index in [0.717, 1.165) is 36.5 Å². The van der Waals surface area contributed by atoms with Crippen molar-refractivity contribution in [2.75, 3.05) is 13.1 Å². The second-order valence-corrected chi connectivity index (χ2v) is 5.92. The van der Waals surface area contributed by atoms with Crippen molar-refractivity contribution in [3.05, 3.63) is 52.4 Å². The molecular weight excluding hydrogens is 316 g/mol. The Kier molecular flexibility index (Phi) is 5.04. The van der Waals surface area contributed by atoms with E-state index in [4.69, 9.17) is 0 Å². The molecule has 2 aromatic heterocycles. The van der Waals surface area contributed by atoms with Crippen molar-refractivity contribution in [2.24, 2.45) is 5.10 Å². The van der Waals surface area contributed by atoms with E-state index < -0.39 is 0 Å². The van der Waals surface area contributed by atoms with Gasteiger partial charge in [-0.2, -0.15) is 5.10 Å². The van der Waals surface area contributed by atoms with Crippen LogP contribution in [0.15, 0.2) is 29.3 Å². The standard InChI is InChI=1S/C18H22N6O/c1-4-19-6-5-13-11(2)15(22-12(13)3)9-14-17(23-24-18(14)25)16-10-20-7-8-21-16/h7-10,19,22H,4-6H2,1-3H3,(H,24,25)/b14-9+. The number of carbonyl (C=O) groups is 1. The summed E-state index contributed by atoms with van der Waals surface area (Å²) in [5.41, 5.74) is 8.56. The fraction of sp³-hybridized carbons (Fsp3) is 0.333. The van der Waals surface area contributed by atoms with Crippen molar-refractivity contribution in [1.82, 2.24) is 25.7 Å². The quantitative estimate of drug-likeness (QED) is 0.549. The van der Waals surface area contributed by atoms with Crippen LogP contribution in [0.25, 0.3) is 6.08 Å². The Bertz CT molecular complexity index is 835. The average Bonchev–Trinajstić information content (AvgIpc) is 3.11. The van der Waals surface area contributed by atoms with E-state index in [0.29, 0.717) is 17.0 Å². The Morgan fingerprint density at radius 1 is 1.28 bits per heavy atom. The first-order chi connectivity index (χ1) is 12.1. The van der Waals surface area contributed by atoms with Gasteiger partial charge in [0.2, 0.25) is 0 Å². The van der Waals surface area contributed by atoms with E-state index in [1.165, 1.54) is 5.56 Å². The molecule has 0 spiro atoms. The molecule has 0 unspecified atom stereocenters. The summed E-state index contributed by atoms with van der Waals surface area (Å²) in [6, 6.07) is 0. The predicted octanol–water partition coefficient (Wildman–Crippen LogP) is 1.49. The summed E-state index contributed by atoms with van der Waals surface area (Å²) >= 11 is 0. The normalized spacial score (nSPS) is 15.6. The van der Waals surface area contributed by atoms with Crippen molar-refractivity contribution in [3.8, 4) is 0 Å². The number of nitrogens with zero attached hydrogens (tertiary/aromatic N) is 3. The van der Waals surface area contributed by atoms with Gasteiger partial charge in [0, 0.05) is 23.8 Å². The molecule has 0 bridgehead atoms. The smallest absolute Gasteiger partial charge is 0.273 e. The first kappa shape index (κ1) is 17.0. The number of aromatic nitrogens is 3. The summed E-state index contributed by atoms with van der Waals surface area (Å²) in [5.74, 6) is -0.235. The second kappa shape index (κ2) is 7.40. The topological polar surface area (TPSA) is 95.1 Å². The van der Waals surface area contributed by atoms with Crippen LogP contribution in [0.4, 0.5) is 0 Å². The molecule has 3 heterocycles. The zero-order valence-corrected chi connectivity index (χ0v) is 14.7. The number of aromatic amines is 1. The number of amides is 1. The fourth-order valence-electron chi connectivity index (χ4n) is 2.95. The number of hydrazone groups is 1. The van der Waals surface area contributed by atoms with Crippen LogP contribution in [-0.4, -0.2) is 39.7 Å². The first-order valence-corrected chi connectivity index (χ1v) is 8.37. The van der Waals surface area contributed by atoms with Gasteiger partial charge in [-0.1, -0.05) is 6.92 Å². The molecule has 25 heavy (non-hydrogen) atoms. The van der Waals surface area contributed by atoms with E-state index in [1.807, 2.05) is 6.08 Å². The van der Waals surface area contributed by atoms with Gasteiger partial charge in [-0.25, -0.2) is 5.43 Å². The third kappa shape index (κ3) is 3.51. The lowest BCUT2D eigenvalue weighted by Crippen LogP contribution is -2.16. The molecule has 3 rings (SSSR count). The van der Waals surface area contributed by atoms with E-state index in [2.05, 4.69) is 51.6 Å². The average molecular weight is 338 g/mol. The highest BCUT2D eigenvalue weighted by Gasteiger charge is 2.25. The van der Waals surface area contributed by atoms with E-state index in [-0.39, 0.29) is 5.91 Å². The van der Waals surface area contributed by atoms with Crippen LogP contribution in [0.3, 0.4) is 0 Å². The van der Waals surface area contributed by atoms with Crippen LogP contribution in [0.2, 0.25) is 0 Å². The van der Waals surface area contributed by atoms with Gasteiger partial charge in [-0.05, 0) is 50.6 Å². The van der Waals surface area contributed by atoms with Crippen molar-refractivity contribution < 1.29 is 4.79 Å². The number of carbonyl (C=O) groups excluding carboxylic acids is 1. The maximum atomic E-state index is 12.2. The monoisotopic (exact) mass is 338 g/mol. The number of hydrogen-bond donors (Lipinski definition) is 3. The summed E-state index contributed by atoms with van der Waals surface area (Å²) in [6.45, 7) is 8.11. The van der Waals surface area contributed by atoms with Gasteiger partial charge in [-0.3, -0.25) is 14.8 Å². The van der Waals surface area contributed by atoms with Crippen molar-refractivity contribution in [3.63, 3.8) is 0 Å². The second-order valence-electron chi connectivity index (χ2n) is 5.92. The molecule has 0 saturated heterocycles. The fourth-order valence-corrected chi connectivity index (χ4v) is 2.95. The van der Waals surface area contributed by atoms with Gasteiger partial charge < -0.3 is 10.3 Å². The van der Waals surface area contributed by atoms with Crippen LogP contribution in [0, 0.1) is 13.8 Å². The number of rotatable bonds is 6. The largest absolute Gasteiger partial charge is 0.359 e. The van der Waals surface area contributed by atoms with Gasteiger partial charge in [0.1, 0.15) is 11.4 Å². The molecule has 0 fully saturated rings. The van der Waals surface area contributed by atoms with E-state index in [9.17, 15) is 4.79 Å². The highest BCUT2D eigenvalue weighted by Crippen LogP contribution is 2.23. The Morgan fingerprint density at radius 3 is 2.84 bits per heavy atom. The molecule has 7 nitrogen and oxygen atoms in total. The van der Waals surface area contributed by atoms with Crippen LogP contribution in [-0.2, 0) is 11.2 Å². The number of aryl methyl sites for hydroxylation is 1. The highest BCUT2D eigenvalue weighted by molar-refractivity contribution is 6.32. The Morgan fingerprint density at radius 2 is 2.12 bits per heavy atom. The molecule has 3 N–H and O–H groups in total. The zero-order chi connectivity index (χ0) is 17.8. The molecule has 0 atom stereocenters. The number of likely N-dealkylation sites (N-methyl/N-ethyl adjacent to an activating group) is 1. The van der Waals surface area contributed by atoms with Crippen molar-refractivity contribution in [2.45, 2.75) is 27.2 Å². The van der Waals surface area contributed by atoms with Crippen LogP contribution < -0.4 is 10.7 Å². The molecule has 1 aliphatic heterocycles. The lowest BCUT2D eigenvalue weighted by molar-refractivity contribution is -0.116. The Balaban J connectivity index is 1.93. The summed E-state index contributed by atoms with van der Waals surface area (Å²) in [4.78, 5) is 23.9. The lowest BCUT2D eigenvalue weighted by atomic mass is 10.0. The van der Waals surface area contributed by atoms with E-state index >= 15 is 0 Å². The van der Waals surface area contributed by atoms with Gasteiger partial charge in [0.05, 0.1) is 11.8 Å². The molecule has 2 aromatic rings. The molecule has 0 radical (unpaired) electrons. The lowest BCUT2D eigenvalue weighted by Gasteiger charge is -2.03. The Labute approximate surface area is 146 Å². The number of nitrogens with one attached hydrogen (secondary N) is 3. The molecular formula is C18H22N6O. The zero-order valence-electron chi connectivity index (χ0n) is 14.7. The summed E-state index contributed by atoms with van der Waals surface area (Å²) in [7, 11) is 0. The predicted molar refractivity (Wildman–Crippen MR) is 97.2 cm³/mol. The highest BCUT2D eigenvalue weighted by atomic mass is 16.2. The maximum absolute atomic E-state index is 12.2. The first-order valence-electron chi connectivity index (χ1n) is 8.37. The van der Waals surface area contributed by atoms with Crippen LogP contribution in [0.1, 0.15) is 35.1 Å². The molecule has 1 amide bonds. The summed E-state index contributed by atoms with van der Waals surface area (Å²) in [5, 5.41) is 7.45. The summed E-state index contributed by atoms with van der Waals surface area (Å²) < 4.78 is 0.